The van der Waals surface area contributed by atoms with Gasteiger partial charge in [0.2, 0.25) is 0 Å². The summed E-state index contributed by atoms with van der Waals surface area (Å²) in [6.45, 7) is 10.7. The lowest BCUT2D eigenvalue weighted by molar-refractivity contribution is 0.0534. The molecule has 118 valence electrons. The number of alkyl carbamates (subject to hydrolysis) is 1. The Morgan fingerprint density at radius 2 is 2.05 bits per heavy atom. The zero-order valence-electron chi connectivity index (χ0n) is 13.5. The monoisotopic (exact) mass is 293 g/mol. The van der Waals surface area contributed by atoms with E-state index in [4.69, 9.17) is 4.74 Å². The predicted molar refractivity (Wildman–Crippen MR) is 85.2 cm³/mol. The number of aromatic nitrogens is 1. The molecule has 0 radical (unpaired) electrons. The minimum Gasteiger partial charge on any atom is -0.444 e. The molecule has 0 unspecified atom stereocenters. The van der Waals surface area contributed by atoms with Crippen LogP contribution in [0.1, 0.15) is 33.3 Å². The summed E-state index contributed by atoms with van der Waals surface area (Å²) in [7, 11) is 0. The minimum atomic E-state index is -0.454. The number of ether oxygens (including phenoxy) is 1. The number of carbonyl (C=O) groups excluding carboxylic acids is 1. The van der Waals surface area contributed by atoms with Crippen molar-refractivity contribution in [2.24, 2.45) is 0 Å². The van der Waals surface area contributed by atoms with Crippen molar-refractivity contribution in [3.8, 4) is 0 Å². The Kier molecular flexibility index (Phi) is 7.02. The lowest BCUT2D eigenvalue weighted by atomic mass is 10.2. The molecule has 1 heterocycles. The van der Waals surface area contributed by atoms with Crippen molar-refractivity contribution in [2.45, 2.75) is 46.4 Å². The fraction of sp³-hybridized carbons (Fsp3) is 0.562. The Morgan fingerprint density at radius 1 is 1.33 bits per heavy atom. The molecule has 21 heavy (non-hydrogen) atoms. The number of amides is 1. The molecule has 5 nitrogen and oxygen atoms in total. The Balaban J connectivity index is 2.08. The first-order valence-electron chi connectivity index (χ1n) is 7.38. The number of nitrogens with one attached hydrogen (secondary N) is 2. The highest BCUT2D eigenvalue weighted by molar-refractivity contribution is 5.67. The van der Waals surface area contributed by atoms with Gasteiger partial charge in [-0.3, -0.25) is 0 Å². The van der Waals surface area contributed by atoms with Crippen molar-refractivity contribution in [3.05, 3.63) is 36.2 Å². The highest BCUT2D eigenvalue weighted by atomic mass is 16.6. The van der Waals surface area contributed by atoms with Gasteiger partial charge >= 0.3 is 6.09 Å². The Hall–Kier alpha value is -1.75. The van der Waals surface area contributed by atoms with E-state index in [2.05, 4.69) is 40.6 Å². The summed E-state index contributed by atoms with van der Waals surface area (Å²) < 4.78 is 7.28. The summed E-state index contributed by atoms with van der Waals surface area (Å²) in [5.41, 5.74) is 0.821. The van der Waals surface area contributed by atoms with Crippen LogP contribution in [0.5, 0.6) is 0 Å². The maximum absolute atomic E-state index is 11.4. The van der Waals surface area contributed by atoms with Crippen LogP contribution in [0.15, 0.2) is 30.6 Å². The van der Waals surface area contributed by atoms with Gasteiger partial charge in [-0.25, -0.2) is 4.79 Å². The number of rotatable bonds is 7. The summed E-state index contributed by atoms with van der Waals surface area (Å²) in [5, 5.41) is 6.00. The third kappa shape index (κ3) is 8.19. The quantitative estimate of drug-likeness (QED) is 0.600. The van der Waals surface area contributed by atoms with Crippen LogP contribution in [-0.2, 0) is 17.8 Å². The molecule has 0 aliphatic rings. The lowest BCUT2D eigenvalue weighted by Gasteiger charge is -2.19. The van der Waals surface area contributed by atoms with Crippen LogP contribution >= 0.6 is 0 Å². The van der Waals surface area contributed by atoms with E-state index in [9.17, 15) is 4.79 Å². The van der Waals surface area contributed by atoms with E-state index in [-0.39, 0.29) is 6.09 Å². The maximum atomic E-state index is 11.4. The Morgan fingerprint density at radius 3 is 2.67 bits per heavy atom. The van der Waals surface area contributed by atoms with Gasteiger partial charge in [0, 0.05) is 38.6 Å². The highest BCUT2D eigenvalue weighted by Gasteiger charge is 2.14. The van der Waals surface area contributed by atoms with Crippen molar-refractivity contribution >= 4 is 6.09 Å². The van der Waals surface area contributed by atoms with Gasteiger partial charge in [-0.1, -0.05) is 12.2 Å². The van der Waals surface area contributed by atoms with Crippen LogP contribution in [0.4, 0.5) is 4.79 Å². The molecule has 0 aliphatic heterocycles. The molecule has 2 N–H and O–H groups in total. The maximum Gasteiger partial charge on any atom is 0.407 e. The molecule has 1 rings (SSSR count). The summed E-state index contributed by atoms with van der Waals surface area (Å²) in [5.74, 6) is 0. The average Bonchev–Trinajstić information content (AvgIpc) is 2.83. The van der Waals surface area contributed by atoms with Crippen molar-refractivity contribution in [3.63, 3.8) is 0 Å². The number of hydrogen-bond acceptors (Lipinski definition) is 3. The molecular formula is C16H27N3O2. The first-order chi connectivity index (χ1) is 9.90. The predicted octanol–water partition coefficient (Wildman–Crippen LogP) is 2.68. The molecule has 0 bridgehead atoms. The second-order valence-corrected chi connectivity index (χ2v) is 5.84. The van der Waals surface area contributed by atoms with Gasteiger partial charge in [-0.15, -0.1) is 0 Å². The van der Waals surface area contributed by atoms with Gasteiger partial charge in [-0.05, 0) is 39.3 Å². The molecule has 0 saturated carbocycles. The van der Waals surface area contributed by atoms with Crippen LogP contribution in [0.25, 0.3) is 0 Å². The number of hydrogen-bond donors (Lipinski definition) is 2. The molecule has 1 aromatic rings. The van der Waals surface area contributed by atoms with Crippen LogP contribution in [-0.4, -0.2) is 29.4 Å². The second kappa shape index (κ2) is 8.52. The van der Waals surface area contributed by atoms with E-state index in [0.717, 1.165) is 19.6 Å². The third-order valence-electron chi connectivity index (χ3n) is 2.70. The number of nitrogens with zero attached hydrogens (tertiary/aromatic N) is 1. The number of carbonyl (C=O) groups is 1. The van der Waals surface area contributed by atoms with Crippen LogP contribution in [0.3, 0.4) is 0 Å². The van der Waals surface area contributed by atoms with E-state index >= 15 is 0 Å². The zero-order valence-corrected chi connectivity index (χ0v) is 13.5. The van der Waals surface area contributed by atoms with E-state index in [1.807, 2.05) is 32.9 Å². The van der Waals surface area contributed by atoms with E-state index in [1.54, 1.807) is 0 Å². The topological polar surface area (TPSA) is 55.3 Å². The minimum absolute atomic E-state index is 0.388. The van der Waals surface area contributed by atoms with Gasteiger partial charge in [0.25, 0.3) is 0 Å². The third-order valence-corrected chi connectivity index (χ3v) is 2.70. The molecule has 0 saturated heterocycles. The van der Waals surface area contributed by atoms with Crippen LogP contribution in [0.2, 0.25) is 0 Å². The van der Waals surface area contributed by atoms with Crippen LogP contribution in [0, 0.1) is 0 Å². The Labute approximate surface area is 127 Å². The first kappa shape index (κ1) is 17.3. The van der Waals surface area contributed by atoms with Gasteiger partial charge in [0.05, 0.1) is 0 Å². The fourth-order valence-electron chi connectivity index (χ4n) is 1.71. The molecule has 1 amide bonds. The number of aryl methyl sites for hydroxylation is 1. The van der Waals surface area contributed by atoms with Crippen molar-refractivity contribution in [1.29, 1.82) is 0 Å². The molecule has 0 aromatic carbocycles. The summed E-state index contributed by atoms with van der Waals surface area (Å²) >= 11 is 0. The SMILES string of the molecule is CCn1ccc(CNC/C=C/CNC(=O)OC(C)(C)C)c1. The molecule has 0 spiro atoms. The molecular weight excluding hydrogens is 266 g/mol. The Bertz CT molecular complexity index is 458. The smallest absolute Gasteiger partial charge is 0.407 e. The molecule has 5 heteroatoms. The summed E-state index contributed by atoms with van der Waals surface area (Å²) in [6, 6.07) is 2.12. The zero-order chi connectivity index (χ0) is 15.7. The normalized spacial score (nSPS) is 11.8. The second-order valence-electron chi connectivity index (χ2n) is 5.84. The van der Waals surface area contributed by atoms with Gasteiger partial charge in [-0.2, -0.15) is 0 Å². The highest BCUT2D eigenvalue weighted by Crippen LogP contribution is 2.06. The lowest BCUT2D eigenvalue weighted by Crippen LogP contribution is -2.32. The molecule has 0 aliphatic carbocycles. The van der Waals surface area contributed by atoms with E-state index < -0.39 is 5.60 Å². The van der Waals surface area contributed by atoms with E-state index in [1.165, 1.54) is 5.56 Å². The molecule has 0 fully saturated rings. The van der Waals surface area contributed by atoms with Crippen molar-refractivity contribution < 1.29 is 9.53 Å². The fourth-order valence-corrected chi connectivity index (χ4v) is 1.71. The first-order valence-corrected chi connectivity index (χ1v) is 7.38. The van der Waals surface area contributed by atoms with Crippen LogP contribution < -0.4 is 10.6 Å². The van der Waals surface area contributed by atoms with Gasteiger partial charge in [0.1, 0.15) is 5.60 Å². The molecule has 0 atom stereocenters. The van der Waals surface area contributed by atoms with Crippen molar-refractivity contribution in [2.75, 3.05) is 13.1 Å². The summed E-state index contributed by atoms with van der Waals surface area (Å²) in [4.78, 5) is 11.4. The van der Waals surface area contributed by atoms with E-state index in [0.29, 0.717) is 6.54 Å². The average molecular weight is 293 g/mol. The van der Waals surface area contributed by atoms with Gasteiger partial charge < -0.3 is 19.9 Å². The molecule has 1 aromatic heterocycles. The largest absolute Gasteiger partial charge is 0.444 e. The summed E-state index contributed by atoms with van der Waals surface area (Å²) in [6.07, 6.45) is 7.74. The van der Waals surface area contributed by atoms with Crippen molar-refractivity contribution in [1.82, 2.24) is 15.2 Å². The standard InChI is InChI=1S/C16H27N3O2/c1-5-19-11-8-14(13-19)12-17-9-6-7-10-18-15(20)21-16(2,3)4/h6-8,11,13,17H,5,9-10,12H2,1-4H3,(H,18,20)/b7-6+. The van der Waals surface area contributed by atoms with Gasteiger partial charge in [0.15, 0.2) is 0 Å².